The van der Waals surface area contributed by atoms with Crippen molar-refractivity contribution in [2.75, 3.05) is 0 Å². The highest BCUT2D eigenvalue weighted by Crippen LogP contribution is 2.41. The van der Waals surface area contributed by atoms with Crippen molar-refractivity contribution in [3.05, 3.63) is 0 Å². The summed E-state index contributed by atoms with van der Waals surface area (Å²) in [5.41, 5.74) is -0.0205. The van der Waals surface area contributed by atoms with E-state index >= 15 is 0 Å². The summed E-state index contributed by atoms with van der Waals surface area (Å²) in [7, 11) is 0. The van der Waals surface area contributed by atoms with Gasteiger partial charge in [-0.15, -0.1) is 0 Å². The molecule has 2 unspecified atom stereocenters. The molecule has 2 atom stereocenters. The van der Waals surface area contributed by atoms with Crippen LogP contribution in [0.1, 0.15) is 33.1 Å². The summed E-state index contributed by atoms with van der Waals surface area (Å²) in [5.74, 6) is 0.0278. The average Bonchev–Trinajstić information content (AvgIpc) is 1.93. The number of rotatable bonds is 0. The number of carbonyl (C=O) groups is 1. The lowest BCUT2D eigenvalue weighted by Gasteiger charge is -2.50. The fourth-order valence-corrected chi connectivity index (χ4v) is 2.05. The Bertz CT molecular complexity index is 211. The first-order valence-corrected chi connectivity index (χ1v) is 4.62. The molecule has 0 radical (unpaired) electrons. The van der Waals surface area contributed by atoms with Crippen LogP contribution in [0, 0.1) is 0 Å². The number of carbonyl (C=O) groups excluding carboxylic acids is 1. The van der Waals surface area contributed by atoms with E-state index in [9.17, 15) is 4.79 Å². The molecule has 1 N–H and O–H groups in total. The molecule has 0 aromatic heterocycles. The minimum atomic E-state index is -0.263. The third-order valence-corrected chi connectivity index (χ3v) is 3.13. The van der Waals surface area contributed by atoms with E-state index < -0.39 is 0 Å². The average molecular weight is 169 g/mol. The van der Waals surface area contributed by atoms with Gasteiger partial charge in [0.05, 0.1) is 11.6 Å². The molecule has 1 aliphatic heterocycles. The Morgan fingerprint density at radius 2 is 2.17 bits per heavy atom. The van der Waals surface area contributed by atoms with Gasteiger partial charge >= 0.3 is 0 Å². The van der Waals surface area contributed by atoms with Crippen LogP contribution in [0.25, 0.3) is 0 Å². The number of hydrogen-bond donors (Lipinski definition) is 1. The Morgan fingerprint density at radius 1 is 1.50 bits per heavy atom. The Morgan fingerprint density at radius 3 is 2.67 bits per heavy atom. The van der Waals surface area contributed by atoms with Crippen molar-refractivity contribution in [1.29, 1.82) is 0 Å². The van der Waals surface area contributed by atoms with Gasteiger partial charge in [-0.25, -0.2) is 0 Å². The second-order valence-electron chi connectivity index (χ2n) is 3.91. The van der Waals surface area contributed by atoms with Crippen LogP contribution in [0.15, 0.2) is 0 Å². The molecule has 2 fully saturated rings. The molecule has 1 saturated carbocycles. The number of nitrogens with one attached hydrogen (secondary N) is 1. The number of morpholine rings is 1. The molecule has 68 valence electrons. The molecule has 2 rings (SSSR count). The maximum Gasteiger partial charge on any atom is 0.249 e. The van der Waals surface area contributed by atoms with Crippen molar-refractivity contribution >= 4 is 5.91 Å². The first kappa shape index (κ1) is 8.05. The van der Waals surface area contributed by atoms with E-state index in [0.717, 1.165) is 12.8 Å². The predicted octanol–water partition coefficient (Wildman–Crippen LogP) is 0.832. The first-order chi connectivity index (χ1) is 5.64. The van der Waals surface area contributed by atoms with Crippen LogP contribution < -0.4 is 5.32 Å². The minimum Gasteiger partial charge on any atom is -0.360 e. The summed E-state index contributed by atoms with van der Waals surface area (Å²) in [4.78, 5) is 11.2. The molecule has 0 aromatic carbocycles. The summed E-state index contributed by atoms with van der Waals surface area (Å²) in [6.07, 6.45) is 3.16. The SMILES string of the molecule is CC1OC2(CCC2)C(C)NC1=O. The van der Waals surface area contributed by atoms with Gasteiger partial charge in [0.25, 0.3) is 0 Å². The molecule has 1 saturated heterocycles. The monoisotopic (exact) mass is 169 g/mol. The van der Waals surface area contributed by atoms with Crippen molar-refractivity contribution in [3.63, 3.8) is 0 Å². The lowest BCUT2D eigenvalue weighted by Crippen LogP contribution is -2.64. The second-order valence-corrected chi connectivity index (χ2v) is 3.91. The molecule has 12 heavy (non-hydrogen) atoms. The van der Waals surface area contributed by atoms with Gasteiger partial charge in [-0.1, -0.05) is 0 Å². The van der Waals surface area contributed by atoms with Gasteiger partial charge in [0, 0.05) is 0 Å². The Kier molecular flexibility index (Phi) is 1.65. The second kappa shape index (κ2) is 2.46. The minimum absolute atomic E-state index is 0.0205. The number of hydrogen-bond acceptors (Lipinski definition) is 2. The Balaban J connectivity index is 2.11. The highest BCUT2D eigenvalue weighted by molar-refractivity contribution is 5.81. The van der Waals surface area contributed by atoms with Gasteiger partial charge in [-0.05, 0) is 33.1 Å². The van der Waals surface area contributed by atoms with Crippen molar-refractivity contribution in [2.45, 2.75) is 50.9 Å². The summed E-state index contributed by atoms with van der Waals surface area (Å²) >= 11 is 0. The van der Waals surface area contributed by atoms with E-state index in [1.807, 2.05) is 13.8 Å². The molecule has 0 bridgehead atoms. The summed E-state index contributed by atoms with van der Waals surface area (Å²) < 4.78 is 5.72. The predicted molar refractivity (Wildman–Crippen MR) is 44.7 cm³/mol. The molecule has 1 amide bonds. The van der Waals surface area contributed by atoms with Gasteiger partial charge in [0.2, 0.25) is 5.91 Å². The Hall–Kier alpha value is -0.570. The van der Waals surface area contributed by atoms with E-state index in [1.54, 1.807) is 0 Å². The number of ether oxygens (including phenoxy) is 1. The standard InChI is InChI=1S/C9H15NO2/c1-6-8(11)10-7(2)9(12-6)4-3-5-9/h6-7H,3-5H2,1-2H3,(H,10,11). The van der Waals surface area contributed by atoms with E-state index in [2.05, 4.69) is 5.32 Å². The van der Waals surface area contributed by atoms with Crippen LogP contribution in [0.3, 0.4) is 0 Å². The largest absolute Gasteiger partial charge is 0.360 e. The van der Waals surface area contributed by atoms with Crippen molar-refractivity contribution in [1.82, 2.24) is 5.32 Å². The van der Waals surface area contributed by atoms with Gasteiger partial charge in [0.15, 0.2) is 0 Å². The molecule has 1 spiro atoms. The van der Waals surface area contributed by atoms with Crippen LogP contribution in [-0.4, -0.2) is 23.7 Å². The first-order valence-electron chi connectivity index (χ1n) is 4.62. The lowest BCUT2D eigenvalue weighted by molar-refractivity contribution is -0.187. The van der Waals surface area contributed by atoms with E-state index in [1.165, 1.54) is 6.42 Å². The summed E-state index contributed by atoms with van der Waals surface area (Å²) in [5, 5.41) is 2.96. The smallest absolute Gasteiger partial charge is 0.249 e. The summed E-state index contributed by atoms with van der Waals surface area (Å²) in [6.45, 7) is 3.85. The van der Waals surface area contributed by atoms with Crippen molar-refractivity contribution in [3.8, 4) is 0 Å². The quantitative estimate of drug-likeness (QED) is 0.583. The fourth-order valence-electron chi connectivity index (χ4n) is 2.05. The van der Waals surface area contributed by atoms with Gasteiger partial charge < -0.3 is 10.1 Å². The zero-order chi connectivity index (χ0) is 8.77. The lowest BCUT2D eigenvalue weighted by atomic mass is 9.74. The van der Waals surface area contributed by atoms with Crippen LogP contribution in [0.5, 0.6) is 0 Å². The number of amides is 1. The zero-order valence-electron chi connectivity index (χ0n) is 7.59. The van der Waals surface area contributed by atoms with Crippen molar-refractivity contribution < 1.29 is 9.53 Å². The molecule has 1 aliphatic carbocycles. The highest BCUT2D eigenvalue weighted by Gasteiger charge is 2.48. The van der Waals surface area contributed by atoms with Crippen molar-refractivity contribution in [2.24, 2.45) is 0 Å². The Labute approximate surface area is 72.5 Å². The van der Waals surface area contributed by atoms with Gasteiger partial charge in [-0.3, -0.25) is 4.79 Å². The fraction of sp³-hybridized carbons (Fsp3) is 0.889. The van der Waals surface area contributed by atoms with Crippen LogP contribution in [0.4, 0.5) is 0 Å². The van der Waals surface area contributed by atoms with E-state index in [0.29, 0.717) is 0 Å². The van der Waals surface area contributed by atoms with Crippen LogP contribution in [0.2, 0.25) is 0 Å². The normalized spacial score (nSPS) is 39.0. The van der Waals surface area contributed by atoms with Gasteiger partial charge in [0.1, 0.15) is 6.10 Å². The third-order valence-electron chi connectivity index (χ3n) is 3.13. The van der Waals surface area contributed by atoms with Crippen LogP contribution in [-0.2, 0) is 9.53 Å². The third kappa shape index (κ3) is 0.959. The summed E-state index contributed by atoms with van der Waals surface area (Å²) in [6, 6.07) is 0.190. The molecule has 3 heteroatoms. The van der Waals surface area contributed by atoms with Crippen LogP contribution >= 0.6 is 0 Å². The maximum atomic E-state index is 11.2. The maximum absolute atomic E-state index is 11.2. The molecule has 1 heterocycles. The molecule has 0 aromatic rings. The molecular weight excluding hydrogens is 154 g/mol. The molecular formula is C9H15NO2. The topological polar surface area (TPSA) is 38.3 Å². The highest BCUT2D eigenvalue weighted by atomic mass is 16.5. The van der Waals surface area contributed by atoms with Gasteiger partial charge in [-0.2, -0.15) is 0 Å². The van der Waals surface area contributed by atoms with E-state index in [4.69, 9.17) is 4.74 Å². The molecule has 3 nitrogen and oxygen atoms in total. The molecule has 2 aliphatic rings. The zero-order valence-corrected chi connectivity index (χ0v) is 7.59. The van der Waals surface area contributed by atoms with E-state index in [-0.39, 0.29) is 23.7 Å².